The third kappa shape index (κ3) is 6.01. The van der Waals surface area contributed by atoms with Crippen LogP contribution in [0.15, 0.2) is 0 Å². The molecular weight excluding hydrogens is 294 g/mol. The summed E-state index contributed by atoms with van der Waals surface area (Å²) in [5.74, 6) is 0.686. The van der Waals surface area contributed by atoms with Crippen LogP contribution < -0.4 is 10.6 Å². The summed E-state index contributed by atoms with van der Waals surface area (Å²) in [6, 6.07) is 0.134. The Morgan fingerprint density at radius 1 is 1.17 bits per heavy atom. The molecule has 0 aromatic rings. The third-order valence-corrected chi connectivity index (χ3v) is 4.56. The minimum absolute atomic E-state index is 0.134. The van der Waals surface area contributed by atoms with E-state index < -0.39 is 11.7 Å². The van der Waals surface area contributed by atoms with E-state index in [9.17, 15) is 9.59 Å². The van der Waals surface area contributed by atoms with Crippen LogP contribution in [0.2, 0.25) is 0 Å². The molecule has 1 aliphatic carbocycles. The standard InChI is InChI=1S/C17H31N3O3/c1-17(2,3)23-16(22)19-11-14(13-7-4-5-8-13)18-12-15(21)20-9-6-10-20/h13-14,18H,4-12H2,1-3H3,(H,19,22). The van der Waals surface area contributed by atoms with Crippen molar-refractivity contribution in [2.45, 2.75) is 64.5 Å². The van der Waals surface area contributed by atoms with E-state index in [-0.39, 0.29) is 11.9 Å². The van der Waals surface area contributed by atoms with Gasteiger partial charge < -0.3 is 20.3 Å². The molecule has 2 N–H and O–H groups in total. The number of alkyl carbamates (subject to hydrolysis) is 1. The highest BCUT2D eigenvalue weighted by Crippen LogP contribution is 2.27. The second-order valence-electron chi connectivity index (χ2n) is 7.65. The number of rotatable bonds is 6. The minimum atomic E-state index is -0.492. The van der Waals surface area contributed by atoms with Crippen molar-refractivity contribution in [2.24, 2.45) is 5.92 Å². The largest absolute Gasteiger partial charge is 0.444 e. The quantitative estimate of drug-likeness (QED) is 0.782. The highest BCUT2D eigenvalue weighted by atomic mass is 16.6. The number of carbonyl (C=O) groups is 2. The summed E-state index contributed by atoms with van der Waals surface area (Å²) in [6.07, 6.45) is 5.50. The maximum Gasteiger partial charge on any atom is 0.407 e. The number of amides is 2. The Morgan fingerprint density at radius 3 is 2.35 bits per heavy atom. The highest BCUT2D eigenvalue weighted by Gasteiger charge is 2.28. The second-order valence-corrected chi connectivity index (χ2v) is 7.65. The van der Waals surface area contributed by atoms with Gasteiger partial charge in [-0.15, -0.1) is 0 Å². The number of ether oxygens (including phenoxy) is 1. The van der Waals surface area contributed by atoms with Crippen LogP contribution in [-0.2, 0) is 9.53 Å². The molecule has 132 valence electrons. The molecule has 0 aromatic carbocycles. The zero-order valence-electron chi connectivity index (χ0n) is 14.7. The van der Waals surface area contributed by atoms with Crippen LogP contribution in [0.1, 0.15) is 52.9 Å². The van der Waals surface area contributed by atoms with Crippen LogP contribution in [0.3, 0.4) is 0 Å². The highest BCUT2D eigenvalue weighted by molar-refractivity contribution is 5.79. The summed E-state index contributed by atoms with van der Waals surface area (Å²) in [5, 5.41) is 6.22. The van der Waals surface area contributed by atoms with E-state index in [1.165, 1.54) is 12.8 Å². The van der Waals surface area contributed by atoms with Crippen molar-refractivity contribution in [3.05, 3.63) is 0 Å². The molecule has 1 saturated heterocycles. The number of hydrogen-bond donors (Lipinski definition) is 2. The van der Waals surface area contributed by atoms with Gasteiger partial charge in [0, 0.05) is 25.7 Å². The van der Waals surface area contributed by atoms with Crippen molar-refractivity contribution in [2.75, 3.05) is 26.2 Å². The lowest BCUT2D eigenvalue weighted by atomic mass is 9.98. The van der Waals surface area contributed by atoms with Gasteiger partial charge in [0.1, 0.15) is 5.60 Å². The second kappa shape index (κ2) is 7.99. The van der Waals surface area contributed by atoms with Crippen LogP contribution in [0.25, 0.3) is 0 Å². The first kappa shape index (κ1) is 18.0. The van der Waals surface area contributed by atoms with Gasteiger partial charge in [-0.05, 0) is 46.0 Å². The van der Waals surface area contributed by atoms with Crippen molar-refractivity contribution in [1.82, 2.24) is 15.5 Å². The van der Waals surface area contributed by atoms with E-state index in [4.69, 9.17) is 4.74 Å². The Kier molecular flexibility index (Phi) is 6.27. The van der Waals surface area contributed by atoms with Crippen LogP contribution in [0.4, 0.5) is 4.79 Å². The average molecular weight is 325 g/mol. The smallest absolute Gasteiger partial charge is 0.407 e. The van der Waals surface area contributed by atoms with Gasteiger partial charge >= 0.3 is 6.09 Å². The van der Waals surface area contributed by atoms with Gasteiger partial charge in [-0.1, -0.05) is 12.8 Å². The van der Waals surface area contributed by atoms with Gasteiger partial charge in [0.2, 0.25) is 5.91 Å². The molecule has 1 heterocycles. The molecule has 6 nitrogen and oxygen atoms in total. The number of nitrogens with one attached hydrogen (secondary N) is 2. The van der Waals surface area contributed by atoms with Crippen molar-refractivity contribution in [1.29, 1.82) is 0 Å². The fourth-order valence-corrected chi connectivity index (χ4v) is 3.17. The number of hydrogen-bond acceptors (Lipinski definition) is 4. The SMILES string of the molecule is CC(C)(C)OC(=O)NCC(NCC(=O)N1CCC1)C1CCCC1. The number of likely N-dealkylation sites (tertiary alicyclic amines) is 1. The Hall–Kier alpha value is -1.30. The predicted octanol–water partition coefficient (Wildman–Crippen LogP) is 1.89. The van der Waals surface area contributed by atoms with Crippen LogP contribution in [0.5, 0.6) is 0 Å². The minimum Gasteiger partial charge on any atom is -0.444 e. The summed E-state index contributed by atoms with van der Waals surface area (Å²) in [6.45, 7) is 8.18. The molecule has 1 unspecified atom stereocenters. The van der Waals surface area contributed by atoms with Gasteiger partial charge in [0.15, 0.2) is 0 Å². The van der Waals surface area contributed by atoms with E-state index in [1.54, 1.807) is 0 Å². The van der Waals surface area contributed by atoms with E-state index in [0.717, 1.165) is 32.4 Å². The normalized spacial score (nSPS) is 20.0. The molecule has 1 saturated carbocycles. The third-order valence-electron chi connectivity index (χ3n) is 4.56. The lowest BCUT2D eigenvalue weighted by Crippen LogP contribution is -2.51. The maximum absolute atomic E-state index is 12.0. The molecule has 2 fully saturated rings. The topological polar surface area (TPSA) is 70.7 Å². The molecule has 1 atom stereocenters. The molecule has 0 spiro atoms. The summed E-state index contributed by atoms with van der Waals surface area (Å²) < 4.78 is 5.29. The summed E-state index contributed by atoms with van der Waals surface area (Å²) in [7, 11) is 0. The maximum atomic E-state index is 12.0. The predicted molar refractivity (Wildman–Crippen MR) is 89.2 cm³/mol. The molecule has 0 aromatic heterocycles. The molecule has 2 aliphatic rings. The Morgan fingerprint density at radius 2 is 1.83 bits per heavy atom. The van der Waals surface area contributed by atoms with Crippen LogP contribution in [0, 0.1) is 5.92 Å². The molecule has 0 radical (unpaired) electrons. The summed E-state index contributed by atoms with van der Waals surface area (Å²) >= 11 is 0. The first-order valence-electron chi connectivity index (χ1n) is 8.83. The van der Waals surface area contributed by atoms with Gasteiger partial charge in [-0.25, -0.2) is 4.79 Å². The van der Waals surface area contributed by atoms with E-state index >= 15 is 0 Å². The Labute approximate surface area is 139 Å². The zero-order chi connectivity index (χ0) is 16.9. The van der Waals surface area contributed by atoms with Gasteiger partial charge in [-0.3, -0.25) is 4.79 Å². The molecule has 2 rings (SSSR count). The van der Waals surface area contributed by atoms with E-state index in [2.05, 4.69) is 10.6 Å². The average Bonchev–Trinajstić information content (AvgIpc) is 2.88. The van der Waals surface area contributed by atoms with Crippen LogP contribution in [-0.4, -0.2) is 54.7 Å². The molecular formula is C17H31N3O3. The molecule has 0 bridgehead atoms. The number of nitrogens with zero attached hydrogens (tertiary/aromatic N) is 1. The molecule has 1 aliphatic heterocycles. The molecule has 6 heteroatoms. The van der Waals surface area contributed by atoms with Gasteiger partial charge in [-0.2, -0.15) is 0 Å². The van der Waals surface area contributed by atoms with Gasteiger partial charge in [0.25, 0.3) is 0 Å². The van der Waals surface area contributed by atoms with Crippen LogP contribution >= 0.6 is 0 Å². The van der Waals surface area contributed by atoms with E-state index in [0.29, 0.717) is 19.0 Å². The fourth-order valence-electron chi connectivity index (χ4n) is 3.17. The Bertz CT molecular complexity index is 410. The first-order valence-corrected chi connectivity index (χ1v) is 8.83. The zero-order valence-corrected chi connectivity index (χ0v) is 14.7. The Balaban J connectivity index is 1.79. The van der Waals surface area contributed by atoms with Crippen molar-refractivity contribution in [3.8, 4) is 0 Å². The fraction of sp³-hybridized carbons (Fsp3) is 0.882. The van der Waals surface area contributed by atoms with Crippen molar-refractivity contribution >= 4 is 12.0 Å². The lowest BCUT2D eigenvalue weighted by molar-refractivity contribution is -0.133. The monoisotopic (exact) mass is 325 g/mol. The molecule has 2 amide bonds. The summed E-state index contributed by atoms with van der Waals surface area (Å²) in [4.78, 5) is 25.7. The van der Waals surface area contributed by atoms with Crippen molar-refractivity contribution < 1.29 is 14.3 Å². The lowest BCUT2D eigenvalue weighted by Gasteiger charge is -2.32. The first-order chi connectivity index (χ1) is 10.8. The number of carbonyl (C=O) groups excluding carboxylic acids is 2. The molecule has 23 heavy (non-hydrogen) atoms. The van der Waals surface area contributed by atoms with Gasteiger partial charge in [0.05, 0.1) is 6.54 Å². The van der Waals surface area contributed by atoms with E-state index in [1.807, 2.05) is 25.7 Å². The summed E-state index contributed by atoms with van der Waals surface area (Å²) in [5.41, 5.74) is -0.492. The van der Waals surface area contributed by atoms with Crippen molar-refractivity contribution in [3.63, 3.8) is 0 Å².